The third-order valence-corrected chi connectivity index (χ3v) is 2.91. The number of fused-ring (bicyclic) bond motifs is 1. The van der Waals surface area contributed by atoms with Crippen LogP contribution in [0.1, 0.15) is 18.4 Å². The Morgan fingerprint density at radius 3 is 3.00 bits per heavy atom. The fourth-order valence-corrected chi connectivity index (χ4v) is 2.07. The molecule has 0 saturated heterocycles. The second-order valence-corrected chi connectivity index (χ2v) is 4.19. The molecule has 0 aliphatic heterocycles. The van der Waals surface area contributed by atoms with Crippen molar-refractivity contribution in [3.63, 3.8) is 0 Å². The van der Waals surface area contributed by atoms with Crippen molar-refractivity contribution >= 4 is 10.9 Å². The fraction of sp³-hybridized carbons (Fsp3) is 0.357. The van der Waals surface area contributed by atoms with Gasteiger partial charge >= 0.3 is 0 Å². The van der Waals surface area contributed by atoms with Crippen LogP contribution in [-0.4, -0.2) is 11.6 Å². The Kier molecular flexibility index (Phi) is 3.79. The maximum absolute atomic E-state index is 8.55. The average molecular weight is 227 g/mol. The van der Waals surface area contributed by atoms with Gasteiger partial charge in [-0.2, -0.15) is 5.26 Å². The Morgan fingerprint density at radius 1 is 1.35 bits per heavy atom. The minimum atomic E-state index is 0.621. The molecular formula is C14H17N3. The van der Waals surface area contributed by atoms with Gasteiger partial charge in [-0.25, -0.2) is 0 Å². The number of hydrogen-bond donors (Lipinski definition) is 1. The Morgan fingerprint density at radius 2 is 2.24 bits per heavy atom. The summed E-state index contributed by atoms with van der Waals surface area (Å²) in [5.41, 5.74) is 2.55. The van der Waals surface area contributed by atoms with Crippen molar-refractivity contribution in [2.75, 3.05) is 7.05 Å². The molecule has 0 spiro atoms. The number of nitriles is 1. The lowest BCUT2D eigenvalue weighted by atomic mass is 10.1. The van der Waals surface area contributed by atoms with Crippen molar-refractivity contribution in [2.45, 2.75) is 25.9 Å². The summed E-state index contributed by atoms with van der Waals surface area (Å²) in [6.07, 6.45) is 3.64. The number of nitrogens with zero attached hydrogens (tertiary/aromatic N) is 2. The van der Waals surface area contributed by atoms with E-state index in [1.807, 2.05) is 7.05 Å². The summed E-state index contributed by atoms with van der Waals surface area (Å²) < 4.78 is 2.23. The SMILES string of the molecule is CNCc1ccc2ccn(CCCC#N)c2c1. The quantitative estimate of drug-likeness (QED) is 0.798. The van der Waals surface area contributed by atoms with Crippen molar-refractivity contribution in [3.05, 3.63) is 36.0 Å². The van der Waals surface area contributed by atoms with Crippen molar-refractivity contribution in [1.82, 2.24) is 9.88 Å². The largest absolute Gasteiger partial charge is 0.347 e. The number of nitrogens with one attached hydrogen (secondary N) is 1. The Balaban J connectivity index is 2.24. The molecule has 1 aromatic carbocycles. The van der Waals surface area contributed by atoms with Gasteiger partial charge in [-0.1, -0.05) is 12.1 Å². The van der Waals surface area contributed by atoms with E-state index in [4.69, 9.17) is 5.26 Å². The second kappa shape index (κ2) is 5.51. The number of aromatic nitrogens is 1. The van der Waals surface area contributed by atoms with E-state index in [2.05, 4.69) is 46.4 Å². The van der Waals surface area contributed by atoms with E-state index < -0.39 is 0 Å². The van der Waals surface area contributed by atoms with Crippen LogP contribution in [0.5, 0.6) is 0 Å². The summed E-state index contributed by atoms with van der Waals surface area (Å²) in [5, 5.41) is 13.0. The standard InChI is InChI=1S/C14H17N3/c1-16-11-12-4-5-13-6-9-17(14(13)10-12)8-3-2-7-15/h4-6,9-10,16H,2-3,8,11H2,1H3. The molecule has 2 aromatic rings. The van der Waals surface area contributed by atoms with Crippen LogP contribution in [-0.2, 0) is 13.1 Å². The number of unbranched alkanes of at least 4 members (excludes halogenated alkanes) is 1. The molecule has 3 nitrogen and oxygen atoms in total. The van der Waals surface area contributed by atoms with E-state index in [0.29, 0.717) is 6.42 Å². The van der Waals surface area contributed by atoms with E-state index >= 15 is 0 Å². The van der Waals surface area contributed by atoms with Gasteiger partial charge in [0.2, 0.25) is 0 Å². The highest BCUT2D eigenvalue weighted by molar-refractivity contribution is 5.80. The molecule has 1 heterocycles. The van der Waals surface area contributed by atoms with E-state index in [9.17, 15) is 0 Å². The molecule has 0 atom stereocenters. The first-order valence-electron chi connectivity index (χ1n) is 5.94. The number of hydrogen-bond acceptors (Lipinski definition) is 2. The normalized spacial score (nSPS) is 10.6. The highest BCUT2D eigenvalue weighted by atomic mass is 14.9. The first-order chi connectivity index (χ1) is 8.35. The lowest BCUT2D eigenvalue weighted by Crippen LogP contribution is -2.05. The van der Waals surface area contributed by atoms with Gasteiger partial charge < -0.3 is 9.88 Å². The highest BCUT2D eigenvalue weighted by Gasteiger charge is 2.02. The van der Waals surface area contributed by atoms with Gasteiger partial charge in [0.15, 0.2) is 0 Å². The van der Waals surface area contributed by atoms with E-state index in [1.165, 1.54) is 16.5 Å². The topological polar surface area (TPSA) is 40.8 Å². The maximum atomic E-state index is 8.55. The molecule has 0 amide bonds. The molecule has 0 aliphatic carbocycles. The molecule has 0 unspecified atom stereocenters. The zero-order valence-electron chi connectivity index (χ0n) is 10.1. The predicted octanol–water partition coefficient (Wildman–Crippen LogP) is 2.66. The van der Waals surface area contributed by atoms with Crippen LogP contribution in [0.4, 0.5) is 0 Å². The van der Waals surface area contributed by atoms with Gasteiger partial charge in [0.05, 0.1) is 6.07 Å². The molecule has 0 radical (unpaired) electrons. The summed E-state index contributed by atoms with van der Waals surface area (Å²) in [6.45, 7) is 1.80. The van der Waals surface area contributed by atoms with Gasteiger partial charge in [0.25, 0.3) is 0 Å². The summed E-state index contributed by atoms with van der Waals surface area (Å²) in [6, 6.07) is 10.8. The molecule has 1 aromatic heterocycles. The van der Waals surface area contributed by atoms with Crippen LogP contribution in [0.2, 0.25) is 0 Å². The van der Waals surface area contributed by atoms with Crippen LogP contribution >= 0.6 is 0 Å². The fourth-order valence-electron chi connectivity index (χ4n) is 2.07. The Hall–Kier alpha value is -1.79. The smallest absolute Gasteiger partial charge is 0.0622 e. The summed E-state index contributed by atoms with van der Waals surface area (Å²) in [7, 11) is 1.95. The molecular weight excluding hydrogens is 210 g/mol. The average Bonchev–Trinajstić information content (AvgIpc) is 2.73. The predicted molar refractivity (Wildman–Crippen MR) is 69.5 cm³/mol. The van der Waals surface area contributed by atoms with Gasteiger partial charge in [-0.05, 0) is 36.6 Å². The van der Waals surface area contributed by atoms with Gasteiger partial charge in [-0.15, -0.1) is 0 Å². The summed E-state index contributed by atoms with van der Waals surface area (Å²) in [4.78, 5) is 0. The zero-order valence-corrected chi connectivity index (χ0v) is 10.1. The lowest BCUT2D eigenvalue weighted by molar-refractivity contribution is 0.674. The molecule has 3 heteroatoms. The van der Waals surface area contributed by atoms with Crippen molar-refractivity contribution in [1.29, 1.82) is 5.26 Å². The number of rotatable bonds is 5. The zero-order chi connectivity index (χ0) is 12.1. The van der Waals surface area contributed by atoms with Gasteiger partial charge in [0, 0.05) is 31.2 Å². The molecule has 0 aliphatic rings. The van der Waals surface area contributed by atoms with Crippen LogP contribution in [0, 0.1) is 11.3 Å². The van der Waals surface area contributed by atoms with Crippen LogP contribution in [0.25, 0.3) is 10.9 Å². The van der Waals surface area contributed by atoms with Gasteiger partial charge in [-0.3, -0.25) is 0 Å². The summed E-state index contributed by atoms with van der Waals surface area (Å²) >= 11 is 0. The van der Waals surface area contributed by atoms with E-state index in [0.717, 1.165) is 19.5 Å². The molecule has 0 fully saturated rings. The third kappa shape index (κ3) is 2.66. The van der Waals surface area contributed by atoms with Crippen LogP contribution in [0.3, 0.4) is 0 Å². The molecule has 0 bridgehead atoms. The molecule has 17 heavy (non-hydrogen) atoms. The molecule has 2 rings (SSSR count). The Bertz CT molecular complexity index is 534. The van der Waals surface area contributed by atoms with Crippen LogP contribution in [0.15, 0.2) is 30.5 Å². The van der Waals surface area contributed by atoms with Crippen molar-refractivity contribution in [2.24, 2.45) is 0 Å². The third-order valence-electron chi connectivity index (χ3n) is 2.91. The number of aryl methyl sites for hydroxylation is 1. The highest BCUT2D eigenvalue weighted by Crippen LogP contribution is 2.18. The van der Waals surface area contributed by atoms with Gasteiger partial charge in [0.1, 0.15) is 0 Å². The summed E-state index contributed by atoms with van der Waals surface area (Å²) in [5.74, 6) is 0. The molecule has 1 N–H and O–H groups in total. The second-order valence-electron chi connectivity index (χ2n) is 4.19. The maximum Gasteiger partial charge on any atom is 0.0622 e. The lowest BCUT2D eigenvalue weighted by Gasteiger charge is -2.05. The minimum absolute atomic E-state index is 0.621. The van der Waals surface area contributed by atoms with E-state index in [1.54, 1.807) is 0 Å². The van der Waals surface area contributed by atoms with Crippen molar-refractivity contribution in [3.8, 4) is 6.07 Å². The Labute approximate surface area is 102 Å². The first kappa shape index (κ1) is 11.7. The number of benzene rings is 1. The first-order valence-corrected chi connectivity index (χ1v) is 5.94. The monoisotopic (exact) mass is 227 g/mol. The van der Waals surface area contributed by atoms with E-state index in [-0.39, 0.29) is 0 Å². The molecule has 0 saturated carbocycles. The molecule has 88 valence electrons. The van der Waals surface area contributed by atoms with Crippen molar-refractivity contribution < 1.29 is 0 Å². The van der Waals surface area contributed by atoms with Crippen LogP contribution < -0.4 is 5.32 Å². The minimum Gasteiger partial charge on any atom is -0.347 e.